The van der Waals surface area contributed by atoms with Crippen LogP contribution in [0.3, 0.4) is 0 Å². The van der Waals surface area contributed by atoms with Crippen molar-refractivity contribution in [2.75, 3.05) is 6.54 Å². The van der Waals surface area contributed by atoms with Gasteiger partial charge < -0.3 is 15.2 Å². The second-order valence-electron chi connectivity index (χ2n) is 5.77. The number of halogens is 1. The van der Waals surface area contributed by atoms with Crippen LogP contribution in [0.2, 0.25) is 5.02 Å². The Morgan fingerprint density at radius 3 is 2.48 bits per heavy atom. The van der Waals surface area contributed by atoms with Gasteiger partial charge in [-0.25, -0.2) is 0 Å². The highest BCUT2D eigenvalue weighted by Gasteiger charge is 2.10. The summed E-state index contributed by atoms with van der Waals surface area (Å²) in [7, 11) is 0. The van der Waals surface area contributed by atoms with Crippen molar-refractivity contribution in [1.82, 2.24) is 20.8 Å². The molecule has 1 aromatic heterocycles. The molecule has 0 atom stereocenters. The zero-order valence-corrected chi connectivity index (χ0v) is 15.3. The van der Waals surface area contributed by atoms with Gasteiger partial charge in [-0.1, -0.05) is 47.1 Å². The normalized spacial score (nSPS) is 10.4. The number of rotatable bonds is 6. The summed E-state index contributed by atoms with van der Waals surface area (Å²) in [4.78, 5) is 28.2. The maximum Gasteiger partial charge on any atom is 0.251 e. The fourth-order valence-corrected chi connectivity index (χ4v) is 2.55. The molecule has 8 heteroatoms. The number of nitrogens with zero attached hydrogens (tertiary/aromatic N) is 2. The van der Waals surface area contributed by atoms with Gasteiger partial charge in [0.15, 0.2) is 0 Å². The first-order chi connectivity index (χ1) is 13.0. The van der Waals surface area contributed by atoms with Gasteiger partial charge >= 0.3 is 0 Å². The summed E-state index contributed by atoms with van der Waals surface area (Å²) in [5, 5.41) is 9.70. The molecule has 2 N–H and O–H groups in total. The van der Waals surface area contributed by atoms with E-state index in [2.05, 4.69) is 20.8 Å². The molecule has 0 aliphatic rings. The topological polar surface area (TPSA) is 97.1 Å². The predicted molar refractivity (Wildman–Crippen MR) is 100 cm³/mol. The number of carbonyl (C=O) groups excluding carboxylic acids is 2. The molecule has 0 unspecified atom stereocenters. The highest BCUT2D eigenvalue weighted by Crippen LogP contribution is 2.16. The van der Waals surface area contributed by atoms with Crippen LogP contribution in [0, 0.1) is 6.92 Å². The molecule has 3 aromatic rings. The SMILES string of the molecule is Cc1nc(-c2ccc(C(=O)NCC(=O)NCc3ccccc3Cl)cc2)no1. The zero-order valence-electron chi connectivity index (χ0n) is 14.5. The van der Waals surface area contributed by atoms with Crippen LogP contribution in [0.15, 0.2) is 53.1 Å². The minimum absolute atomic E-state index is 0.130. The van der Waals surface area contributed by atoms with Crippen molar-refractivity contribution < 1.29 is 14.1 Å². The van der Waals surface area contributed by atoms with E-state index >= 15 is 0 Å². The van der Waals surface area contributed by atoms with Crippen molar-refractivity contribution in [1.29, 1.82) is 0 Å². The molecule has 138 valence electrons. The second-order valence-corrected chi connectivity index (χ2v) is 6.17. The average Bonchev–Trinajstić information content (AvgIpc) is 3.12. The predicted octanol–water partition coefficient (Wildman–Crippen LogP) is 2.74. The van der Waals surface area contributed by atoms with E-state index in [4.69, 9.17) is 16.1 Å². The van der Waals surface area contributed by atoms with Crippen LogP contribution in [0.4, 0.5) is 0 Å². The third-order valence-corrected chi connectivity index (χ3v) is 4.14. The molecule has 0 aliphatic heterocycles. The molecule has 0 fully saturated rings. The maximum atomic E-state index is 12.2. The summed E-state index contributed by atoms with van der Waals surface area (Å²) >= 11 is 6.04. The van der Waals surface area contributed by atoms with Crippen LogP contribution < -0.4 is 10.6 Å². The summed E-state index contributed by atoms with van der Waals surface area (Å²) in [6.45, 7) is 1.87. The lowest BCUT2D eigenvalue weighted by Crippen LogP contribution is -2.36. The largest absolute Gasteiger partial charge is 0.350 e. The highest BCUT2D eigenvalue weighted by molar-refractivity contribution is 6.31. The van der Waals surface area contributed by atoms with Gasteiger partial charge in [-0.2, -0.15) is 4.98 Å². The van der Waals surface area contributed by atoms with Gasteiger partial charge in [-0.3, -0.25) is 9.59 Å². The Morgan fingerprint density at radius 1 is 1.07 bits per heavy atom. The van der Waals surface area contributed by atoms with Crippen LogP contribution >= 0.6 is 11.6 Å². The van der Waals surface area contributed by atoms with Gasteiger partial charge in [-0.15, -0.1) is 0 Å². The molecule has 0 radical (unpaired) electrons. The number of aryl methyl sites for hydroxylation is 1. The molecule has 2 amide bonds. The number of benzene rings is 2. The molecule has 0 spiro atoms. The smallest absolute Gasteiger partial charge is 0.251 e. The summed E-state index contributed by atoms with van der Waals surface area (Å²) in [6.07, 6.45) is 0. The van der Waals surface area contributed by atoms with Gasteiger partial charge in [0.2, 0.25) is 17.6 Å². The van der Waals surface area contributed by atoms with Crippen molar-refractivity contribution >= 4 is 23.4 Å². The Labute approximate surface area is 160 Å². The Kier molecular flexibility index (Phi) is 5.83. The van der Waals surface area contributed by atoms with Crippen molar-refractivity contribution in [3.8, 4) is 11.4 Å². The Balaban J connectivity index is 1.50. The minimum atomic E-state index is -0.348. The summed E-state index contributed by atoms with van der Waals surface area (Å²) in [5.74, 6) is 0.272. The standard InChI is InChI=1S/C19H17ClN4O3/c1-12-23-18(24-27-12)13-6-8-14(9-7-13)19(26)22-11-17(25)21-10-15-4-2-3-5-16(15)20/h2-9H,10-11H2,1H3,(H,21,25)(H,22,26). The first kappa shape index (κ1) is 18.6. The van der Waals surface area contributed by atoms with E-state index < -0.39 is 0 Å². The van der Waals surface area contributed by atoms with Crippen molar-refractivity contribution in [2.24, 2.45) is 0 Å². The fourth-order valence-electron chi connectivity index (χ4n) is 2.35. The van der Waals surface area contributed by atoms with Gasteiger partial charge in [0, 0.05) is 29.6 Å². The quantitative estimate of drug-likeness (QED) is 0.681. The first-order valence-electron chi connectivity index (χ1n) is 8.22. The van der Waals surface area contributed by atoms with Crippen LogP contribution in [-0.2, 0) is 11.3 Å². The fraction of sp³-hybridized carbons (Fsp3) is 0.158. The molecule has 7 nitrogen and oxygen atoms in total. The van der Waals surface area contributed by atoms with E-state index in [1.54, 1.807) is 37.3 Å². The molecule has 27 heavy (non-hydrogen) atoms. The summed E-state index contributed by atoms with van der Waals surface area (Å²) in [6, 6.07) is 14.0. The van der Waals surface area contributed by atoms with E-state index in [9.17, 15) is 9.59 Å². The molecule has 0 bridgehead atoms. The minimum Gasteiger partial charge on any atom is -0.350 e. The van der Waals surface area contributed by atoms with Gasteiger partial charge in [0.1, 0.15) is 0 Å². The summed E-state index contributed by atoms with van der Waals surface area (Å²) < 4.78 is 4.93. The van der Waals surface area contributed by atoms with E-state index in [0.29, 0.717) is 28.8 Å². The third kappa shape index (κ3) is 4.92. The van der Waals surface area contributed by atoms with E-state index in [-0.39, 0.29) is 18.4 Å². The van der Waals surface area contributed by atoms with E-state index in [1.807, 2.05) is 18.2 Å². The second kappa shape index (κ2) is 8.46. The van der Waals surface area contributed by atoms with E-state index in [0.717, 1.165) is 11.1 Å². The maximum absolute atomic E-state index is 12.2. The van der Waals surface area contributed by atoms with Gasteiger partial charge in [-0.05, 0) is 23.8 Å². The van der Waals surface area contributed by atoms with Crippen LogP contribution in [-0.4, -0.2) is 28.5 Å². The van der Waals surface area contributed by atoms with Crippen LogP contribution in [0.5, 0.6) is 0 Å². The lowest BCUT2D eigenvalue weighted by molar-refractivity contribution is -0.120. The molecule has 1 heterocycles. The molecule has 0 saturated heterocycles. The Bertz CT molecular complexity index is 954. The molecule has 0 aliphatic carbocycles. The average molecular weight is 385 g/mol. The summed E-state index contributed by atoms with van der Waals surface area (Å²) in [5.41, 5.74) is 1.98. The number of carbonyl (C=O) groups is 2. The number of hydrogen-bond acceptors (Lipinski definition) is 5. The monoisotopic (exact) mass is 384 g/mol. The number of aromatic nitrogens is 2. The third-order valence-electron chi connectivity index (χ3n) is 3.78. The molecule has 2 aromatic carbocycles. The van der Waals surface area contributed by atoms with Gasteiger partial charge in [0.05, 0.1) is 6.54 Å². The highest BCUT2D eigenvalue weighted by atomic mass is 35.5. The Morgan fingerprint density at radius 2 is 1.81 bits per heavy atom. The lowest BCUT2D eigenvalue weighted by Gasteiger charge is -2.08. The van der Waals surface area contributed by atoms with E-state index in [1.165, 1.54) is 0 Å². The van der Waals surface area contributed by atoms with Gasteiger partial charge in [0.25, 0.3) is 5.91 Å². The number of amides is 2. The lowest BCUT2D eigenvalue weighted by atomic mass is 10.1. The first-order valence-corrected chi connectivity index (χ1v) is 8.60. The van der Waals surface area contributed by atoms with Crippen molar-refractivity contribution in [3.05, 3.63) is 70.6 Å². The Hall–Kier alpha value is -3.19. The van der Waals surface area contributed by atoms with Crippen molar-refractivity contribution in [2.45, 2.75) is 13.5 Å². The van der Waals surface area contributed by atoms with Crippen LogP contribution in [0.1, 0.15) is 21.8 Å². The molecule has 0 saturated carbocycles. The molecular formula is C19H17ClN4O3. The molecule has 3 rings (SSSR count). The van der Waals surface area contributed by atoms with Crippen LogP contribution in [0.25, 0.3) is 11.4 Å². The van der Waals surface area contributed by atoms with Crippen molar-refractivity contribution in [3.63, 3.8) is 0 Å². The zero-order chi connectivity index (χ0) is 19.2. The number of hydrogen-bond donors (Lipinski definition) is 2. The number of nitrogens with one attached hydrogen (secondary N) is 2. The molecular weight excluding hydrogens is 368 g/mol.